The molecule has 0 saturated heterocycles. The maximum Gasteiger partial charge on any atom is 0.342 e. The Morgan fingerprint density at radius 3 is 2.56 bits per heavy atom. The molecule has 1 rings (SSSR count). The molecule has 1 aromatic carbocycles. The largest absolute Gasteiger partial charge is 0.515 e. The Hall–Kier alpha value is -2.17. The number of hydrogen-bond donors (Lipinski definition) is 1. The van der Waals surface area contributed by atoms with Gasteiger partial charge in [0.1, 0.15) is 17.1 Å². The van der Waals surface area contributed by atoms with E-state index in [0.29, 0.717) is 23.3 Å². The highest BCUT2D eigenvalue weighted by molar-refractivity contribution is 6.17. The monoisotopic (exact) mass is 252 g/mol. The molecule has 0 bridgehead atoms. The van der Waals surface area contributed by atoms with Crippen LogP contribution in [0.25, 0.3) is 5.57 Å². The first-order chi connectivity index (χ1) is 8.67. The zero-order chi connectivity index (χ0) is 13.5. The first-order valence-corrected chi connectivity index (χ1v) is 5.41. The molecule has 0 heterocycles. The Bertz CT molecular complexity index is 451. The Kier molecular flexibility index (Phi) is 5.05. The second kappa shape index (κ2) is 6.54. The third-order valence-electron chi connectivity index (χ3n) is 2.32. The summed E-state index contributed by atoms with van der Waals surface area (Å²) in [5.74, 6) is 0.380. The summed E-state index contributed by atoms with van der Waals surface area (Å²) < 4.78 is 15.1. The van der Waals surface area contributed by atoms with E-state index in [9.17, 15) is 9.90 Å². The molecule has 0 aliphatic carbocycles. The van der Waals surface area contributed by atoms with Gasteiger partial charge in [-0.3, -0.25) is 0 Å². The molecule has 0 amide bonds. The van der Waals surface area contributed by atoms with E-state index in [4.69, 9.17) is 14.2 Å². The van der Waals surface area contributed by atoms with Crippen LogP contribution in [0, 0.1) is 0 Å². The lowest BCUT2D eigenvalue weighted by atomic mass is 10.1. The molecule has 1 aromatic rings. The molecule has 0 unspecified atom stereocenters. The quantitative estimate of drug-likeness (QED) is 0.494. The van der Waals surface area contributed by atoms with Crippen LogP contribution in [-0.2, 0) is 9.53 Å². The van der Waals surface area contributed by atoms with E-state index in [1.54, 1.807) is 25.1 Å². The van der Waals surface area contributed by atoms with E-state index in [0.717, 1.165) is 0 Å². The molecule has 5 heteroatoms. The Morgan fingerprint density at radius 1 is 1.33 bits per heavy atom. The molecule has 0 fully saturated rings. The molecule has 0 aromatic heterocycles. The molecule has 98 valence electrons. The number of methoxy groups -OCH3 is 2. The minimum Gasteiger partial charge on any atom is -0.515 e. The highest BCUT2D eigenvalue weighted by Gasteiger charge is 2.18. The molecular formula is C13H16O5. The molecule has 0 atom stereocenters. The van der Waals surface area contributed by atoms with Crippen LogP contribution >= 0.6 is 0 Å². The van der Waals surface area contributed by atoms with Gasteiger partial charge >= 0.3 is 5.97 Å². The van der Waals surface area contributed by atoms with Crippen molar-refractivity contribution in [2.45, 2.75) is 6.92 Å². The van der Waals surface area contributed by atoms with Crippen molar-refractivity contribution in [3.05, 3.63) is 30.0 Å². The number of esters is 1. The molecule has 0 saturated carbocycles. The molecule has 18 heavy (non-hydrogen) atoms. The minimum atomic E-state index is -0.619. The Balaban J connectivity index is 3.23. The van der Waals surface area contributed by atoms with Crippen LogP contribution in [0.4, 0.5) is 0 Å². The van der Waals surface area contributed by atoms with Crippen molar-refractivity contribution in [1.82, 2.24) is 0 Å². The van der Waals surface area contributed by atoms with Gasteiger partial charge in [0.15, 0.2) is 0 Å². The fourth-order valence-electron chi connectivity index (χ4n) is 1.47. The molecule has 1 N–H and O–H groups in total. The van der Waals surface area contributed by atoms with Gasteiger partial charge < -0.3 is 19.3 Å². The van der Waals surface area contributed by atoms with Crippen molar-refractivity contribution in [2.24, 2.45) is 0 Å². The lowest BCUT2D eigenvalue weighted by molar-refractivity contribution is -0.136. The maximum absolute atomic E-state index is 11.7. The van der Waals surface area contributed by atoms with E-state index in [2.05, 4.69) is 0 Å². The maximum atomic E-state index is 11.7. The average Bonchev–Trinajstić information content (AvgIpc) is 2.39. The first-order valence-electron chi connectivity index (χ1n) is 5.41. The second-order valence-corrected chi connectivity index (χ2v) is 3.33. The third kappa shape index (κ3) is 2.94. The number of carbonyl (C=O) groups excluding carboxylic acids is 1. The topological polar surface area (TPSA) is 65.0 Å². The van der Waals surface area contributed by atoms with E-state index >= 15 is 0 Å². The van der Waals surface area contributed by atoms with Crippen LogP contribution in [0.15, 0.2) is 24.5 Å². The number of aliphatic hydroxyl groups is 1. The van der Waals surface area contributed by atoms with E-state index in [1.165, 1.54) is 14.2 Å². The first kappa shape index (κ1) is 13.9. The van der Waals surface area contributed by atoms with Crippen molar-refractivity contribution < 1.29 is 24.1 Å². The van der Waals surface area contributed by atoms with Crippen molar-refractivity contribution in [3.63, 3.8) is 0 Å². The molecule has 0 radical (unpaired) electrons. The lowest BCUT2D eigenvalue weighted by Crippen LogP contribution is -2.08. The Labute approximate surface area is 106 Å². The molecule has 0 aliphatic rings. The molecule has 0 aliphatic heterocycles. The smallest absolute Gasteiger partial charge is 0.342 e. The van der Waals surface area contributed by atoms with Gasteiger partial charge in [0.25, 0.3) is 0 Å². The van der Waals surface area contributed by atoms with Gasteiger partial charge in [-0.15, -0.1) is 0 Å². The number of hydrogen-bond acceptors (Lipinski definition) is 5. The number of rotatable bonds is 5. The van der Waals surface area contributed by atoms with E-state index in [1.807, 2.05) is 0 Å². The van der Waals surface area contributed by atoms with Gasteiger partial charge in [-0.2, -0.15) is 0 Å². The fraction of sp³-hybridized carbons (Fsp3) is 0.308. The SMILES string of the molecule is CCOC(=O)/C(=C\O)c1cc(OC)ccc1OC. The van der Waals surface area contributed by atoms with Gasteiger partial charge in [0.05, 0.1) is 27.1 Å². The van der Waals surface area contributed by atoms with Crippen LogP contribution < -0.4 is 9.47 Å². The van der Waals surface area contributed by atoms with Crippen molar-refractivity contribution in [3.8, 4) is 11.5 Å². The molecular weight excluding hydrogens is 236 g/mol. The van der Waals surface area contributed by atoms with E-state index < -0.39 is 5.97 Å². The van der Waals surface area contributed by atoms with Crippen molar-refractivity contribution >= 4 is 11.5 Å². The summed E-state index contributed by atoms with van der Waals surface area (Å²) in [5.41, 5.74) is 0.436. The van der Waals surface area contributed by atoms with Crippen molar-refractivity contribution in [1.29, 1.82) is 0 Å². The van der Waals surface area contributed by atoms with Crippen molar-refractivity contribution in [2.75, 3.05) is 20.8 Å². The predicted octanol–water partition coefficient (Wildman–Crippen LogP) is 2.17. The highest BCUT2D eigenvalue weighted by atomic mass is 16.5. The van der Waals surface area contributed by atoms with Crippen LogP contribution in [0.1, 0.15) is 12.5 Å². The lowest BCUT2D eigenvalue weighted by Gasteiger charge is -2.12. The fourth-order valence-corrected chi connectivity index (χ4v) is 1.47. The van der Waals surface area contributed by atoms with Gasteiger partial charge in [-0.1, -0.05) is 0 Å². The zero-order valence-corrected chi connectivity index (χ0v) is 10.6. The number of carbonyl (C=O) groups is 1. The Morgan fingerprint density at radius 2 is 2.06 bits per heavy atom. The van der Waals surface area contributed by atoms with Gasteiger partial charge in [0.2, 0.25) is 0 Å². The summed E-state index contributed by atoms with van der Waals surface area (Å²) in [6.07, 6.45) is 0.704. The average molecular weight is 252 g/mol. The summed E-state index contributed by atoms with van der Waals surface area (Å²) >= 11 is 0. The van der Waals surface area contributed by atoms with Crippen LogP contribution in [0.3, 0.4) is 0 Å². The summed E-state index contributed by atoms with van der Waals surface area (Å²) in [5, 5.41) is 9.20. The predicted molar refractivity (Wildman–Crippen MR) is 66.8 cm³/mol. The third-order valence-corrected chi connectivity index (χ3v) is 2.32. The van der Waals surface area contributed by atoms with Crippen LogP contribution in [0.2, 0.25) is 0 Å². The van der Waals surface area contributed by atoms with Crippen LogP contribution in [0.5, 0.6) is 11.5 Å². The molecule has 5 nitrogen and oxygen atoms in total. The molecule has 0 spiro atoms. The second-order valence-electron chi connectivity index (χ2n) is 3.33. The standard InChI is InChI=1S/C13H16O5/c1-4-18-13(15)11(8-14)10-7-9(16-2)5-6-12(10)17-3/h5-8,14H,4H2,1-3H3/b11-8-. The number of benzene rings is 1. The van der Waals surface area contributed by atoms with Gasteiger partial charge in [-0.25, -0.2) is 4.79 Å². The summed E-state index contributed by atoms with van der Waals surface area (Å²) in [4.78, 5) is 11.7. The van der Waals surface area contributed by atoms with Crippen LogP contribution in [-0.4, -0.2) is 31.9 Å². The minimum absolute atomic E-state index is 0.0209. The number of ether oxygens (including phenoxy) is 3. The van der Waals surface area contributed by atoms with E-state index in [-0.39, 0.29) is 12.2 Å². The number of aliphatic hydroxyl groups excluding tert-OH is 1. The van der Waals surface area contributed by atoms with Gasteiger partial charge in [-0.05, 0) is 25.1 Å². The normalized spacial score (nSPS) is 10.9. The highest BCUT2D eigenvalue weighted by Crippen LogP contribution is 2.30. The zero-order valence-electron chi connectivity index (χ0n) is 10.6. The van der Waals surface area contributed by atoms with Gasteiger partial charge in [0, 0.05) is 5.56 Å². The summed E-state index contributed by atoms with van der Waals surface area (Å²) in [6.45, 7) is 1.91. The summed E-state index contributed by atoms with van der Waals surface area (Å²) in [6, 6.07) is 4.94. The summed E-state index contributed by atoms with van der Waals surface area (Å²) in [7, 11) is 2.99.